The summed E-state index contributed by atoms with van der Waals surface area (Å²) in [5, 5.41) is 2.98. The van der Waals surface area contributed by atoms with Gasteiger partial charge in [0.05, 0.1) is 12.8 Å². The Bertz CT molecular complexity index is 1250. The molecule has 0 aliphatic heterocycles. The van der Waals surface area contributed by atoms with Crippen molar-refractivity contribution >= 4 is 21.8 Å². The molecular weight excluding hydrogens is 498 g/mol. The lowest BCUT2D eigenvalue weighted by molar-refractivity contribution is -0.141. The molecule has 0 aliphatic carbocycles. The van der Waals surface area contributed by atoms with E-state index < -0.39 is 22.0 Å². The van der Waals surface area contributed by atoms with Crippen LogP contribution in [-0.4, -0.2) is 54.8 Å². The fourth-order valence-corrected chi connectivity index (χ4v) is 4.89. The lowest BCUT2D eigenvalue weighted by Gasteiger charge is -2.33. The molecule has 2 amide bonds. The maximum absolute atomic E-state index is 13.9. The summed E-state index contributed by atoms with van der Waals surface area (Å²) in [6.45, 7) is 2.44. The van der Waals surface area contributed by atoms with E-state index in [9.17, 15) is 18.0 Å². The number of carbonyl (C=O) groups is 2. The smallest absolute Gasteiger partial charge is 0.243 e. The maximum atomic E-state index is 13.9. The largest absolute Gasteiger partial charge is 0.354 e. The number of carbonyl (C=O) groups excluding carboxylic acids is 2. The van der Waals surface area contributed by atoms with Gasteiger partial charge in [0, 0.05) is 26.1 Å². The van der Waals surface area contributed by atoms with Crippen LogP contribution in [0.1, 0.15) is 36.5 Å². The third-order valence-electron chi connectivity index (χ3n) is 6.28. The normalized spacial score (nSPS) is 12.2. The van der Waals surface area contributed by atoms with Crippen molar-refractivity contribution in [3.63, 3.8) is 0 Å². The van der Waals surface area contributed by atoms with E-state index in [0.29, 0.717) is 13.0 Å². The molecule has 1 unspecified atom stereocenters. The van der Waals surface area contributed by atoms with Gasteiger partial charge in [-0.15, -0.1) is 0 Å². The van der Waals surface area contributed by atoms with Crippen LogP contribution in [0.5, 0.6) is 0 Å². The summed E-state index contributed by atoms with van der Waals surface area (Å²) in [6, 6.07) is 27.3. The van der Waals surface area contributed by atoms with Crippen LogP contribution in [-0.2, 0) is 39.1 Å². The first kappa shape index (κ1) is 29.1. The summed E-state index contributed by atoms with van der Waals surface area (Å²) < 4.78 is 26.6. The molecule has 3 rings (SSSR count). The van der Waals surface area contributed by atoms with E-state index in [1.165, 1.54) is 4.90 Å². The Balaban J connectivity index is 1.95. The Kier molecular flexibility index (Phi) is 11.1. The average molecular weight is 536 g/mol. The lowest BCUT2D eigenvalue weighted by Crippen LogP contribution is -2.53. The fraction of sp³-hybridized carbons (Fsp3) is 0.333. The second-order valence-corrected chi connectivity index (χ2v) is 11.4. The molecule has 3 aromatic carbocycles. The zero-order chi connectivity index (χ0) is 27.4. The van der Waals surface area contributed by atoms with Gasteiger partial charge in [-0.05, 0) is 23.1 Å². The van der Waals surface area contributed by atoms with Crippen LogP contribution >= 0.6 is 0 Å². The molecule has 0 heterocycles. The number of hydrogen-bond donors (Lipinski definition) is 1. The van der Waals surface area contributed by atoms with Crippen molar-refractivity contribution in [2.75, 3.05) is 19.3 Å². The number of rotatable bonds is 14. The van der Waals surface area contributed by atoms with Gasteiger partial charge in [0.15, 0.2) is 0 Å². The van der Waals surface area contributed by atoms with E-state index in [0.717, 1.165) is 40.1 Å². The van der Waals surface area contributed by atoms with E-state index in [4.69, 9.17) is 0 Å². The van der Waals surface area contributed by atoms with Gasteiger partial charge in [-0.2, -0.15) is 4.31 Å². The van der Waals surface area contributed by atoms with E-state index in [1.807, 2.05) is 97.9 Å². The lowest BCUT2D eigenvalue weighted by atomic mass is 10.0. The molecular formula is C30H37N3O4S. The Morgan fingerprint density at radius 2 is 1.29 bits per heavy atom. The number of nitrogens with one attached hydrogen (secondary N) is 1. The van der Waals surface area contributed by atoms with E-state index in [-0.39, 0.29) is 25.5 Å². The summed E-state index contributed by atoms with van der Waals surface area (Å²) in [4.78, 5) is 28.9. The second-order valence-electron chi connectivity index (χ2n) is 9.37. The number of hydrogen-bond acceptors (Lipinski definition) is 4. The number of sulfonamides is 1. The average Bonchev–Trinajstić information content (AvgIpc) is 2.91. The van der Waals surface area contributed by atoms with Crippen LogP contribution in [0, 0.1) is 0 Å². The molecule has 0 radical (unpaired) electrons. The molecule has 0 aliphatic rings. The van der Waals surface area contributed by atoms with E-state index in [2.05, 4.69) is 5.32 Å². The van der Waals surface area contributed by atoms with Crippen LogP contribution in [0.15, 0.2) is 91.0 Å². The van der Waals surface area contributed by atoms with Crippen molar-refractivity contribution in [2.24, 2.45) is 0 Å². The molecule has 38 heavy (non-hydrogen) atoms. The van der Waals surface area contributed by atoms with Gasteiger partial charge in [-0.1, -0.05) is 104 Å². The van der Waals surface area contributed by atoms with Crippen molar-refractivity contribution in [1.29, 1.82) is 0 Å². The molecule has 0 fully saturated rings. The van der Waals surface area contributed by atoms with Gasteiger partial charge < -0.3 is 10.2 Å². The minimum Gasteiger partial charge on any atom is -0.354 e. The first-order valence-electron chi connectivity index (χ1n) is 12.9. The van der Waals surface area contributed by atoms with Crippen molar-refractivity contribution < 1.29 is 18.0 Å². The monoisotopic (exact) mass is 535 g/mol. The first-order chi connectivity index (χ1) is 18.3. The molecule has 1 atom stereocenters. The zero-order valence-corrected chi connectivity index (χ0v) is 22.9. The van der Waals surface area contributed by atoms with Crippen molar-refractivity contribution in [2.45, 2.75) is 45.3 Å². The quantitative estimate of drug-likeness (QED) is 0.316. The number of amides is 2. The molecule has 0 saturated carbocycles. The van der Waals surface area contributed by atoms with Crippen LogP contribution in [0.2, 0.25) is 0 Å². The predicted octanol–water partition coefficient (Wildman–Crippen LogP) is 4.00. The number of benzene rings is 3. The van der Waals surface area contributed by atoms with Crippen LogP contribution in [0.4, 0.5) is 0 Å². The van der Waals surface area contributed by atoms with Crippen LogP contribution in [0.25, 0.3) is 0 Å². The highest BCUT2D eigenvalue weighted by atomic mass is 32.2. The first-order valence-corrected chi connectivity index (χ1v) is 14.8. The Morgan fingerprint density at radius 1 is 0.789 bits per heavy atom. The highest BCUT2D eigenvalue weighted by Gasteiger charge is 2.32. The van der Waals surface area contributed by atoms with Crippen LogP contribution < -0.4 is 5.32 Å². The Labute approximate surface area is 226 Å². The minimum atomic E-state index is -3.70. The van der Waals surface area contributed by atoms with Crippen molar-refractivity contribution in [1.82, 2.24) is 14.5 Å². The highest BCUT2D eigenvalue weighted by Crippen LogP contribution is 2.17. The van der Waals surface area contributed by atoms with E-state index in [1.54, 1.807) is 0 Å². The van der Waals surface area contributed by atoms with E-state index >= 15 is 0 Å². The van der Waals surface area contributed by atoms with Gasteiger partial charge in [0.1, 0.15) is 6.04 Å². The van der Waals surface area contributed by atoms with Gasteiger partial charge in [0.2, 0.25) is 21.8 Å². The molecule has 1 N–H and O–H groups in total. The highest BCUT2D eigenvalue weighted by molar-refractivity contribution is 7.88. The SMILES string of the molecule is CCCCNC(=O)C(Cc1ccccc1)N(Cc1ccccc1)C(=O)CN(Cc1ccccc1)S(C)(=O)=O. The van der Waals surface area contributed by atoms with Gasteiger partial charge in [-0.25, -0.2) is 8.42 Å². The van der Waals surface area contributed by atoms with Crippen LogP contribution in [0.3, 0.4) is 0 Å². The third-order valence-corrected chi connectivity index (χ3v) is 7.48. The molecule has 202 valence electrons. The summed E-state index contributed by atoms with van der Waals surface area (Å²) in [5.41, 5.74) is 2.55. The summed E-state index contributed by atoms with van der Waals surface area (Å²) >= 11 is 0. The third kappa shape index (κ3) is 9.11. The maximum Gasteiger partial charge on any atom is 0.243 e. The standard InChI is InChI=1S/C30H37N3O4S/c1-3-4-20-31-30(35)28(21-25-14-8-5-9-15-25)33(23-27-18-12-7-13-19-27)29(34)24-32(38(2,36)37)22-26-16-10-6-11-17-26/h5-19,28H,3-4,20-24H2,1-2H3,(H,31,35). The molecule has 0 aromatic heterocycles. The van der Waals surface area contributed by atoms with Gasteiger partial charge in [0.25, 0.3) is 0 Å². The molecule has 0 saturated heterocycles. The Hall–Kier alpha value is -3.49. The number of nitrogens with zero attached hydrogens (tertiary/aromatic N) is 2. The predicted molar refractivity (Wildman–Crippen MR) is 151 cm³/mol. The fourth-order valence-electron chi connectivity index (χ4n) is 4.16. The van der Waals surface area contributed by atoms with Gasteiger partial charge in [-0.3, -0.25) is 9.59 Å². The Morgan fingerprint density at radius 3 is 1.79 bits per heavy atom. The molecule has 8 heteroatoms. The topological polar surface area (TPSA) is 86.8 Å². The minimum absolute atomic E-state index is 0.0661. The number of unbranched alkanes of at least 4 members (excludes halogenated alkanes) is 1. The zero-order valence-electron chi connectivity index (χ0n) is 22.1. The molecule has 7 nitrogen and oxygen atoms in total. The molecule has 0 bridgehead atoms. The van der Waals surface area contributed by atoms with Crippen molar-refractivity contribution in [3.05, 3.63) is 108 Å². The van der Waals surface area contributed by atoms with Gasteiger partial charge >= 0.3 is 0 Å². The summed E-state index contributed by atoms with van der Waals surface area (Å²) in [6.07, 6.45) is 3.17. The second kappa shape index (κ2) is 14.4. The molecule has 3 aromatic rings. The molecule has 0 spiro atoms. The summed E-state index contributed by atoms with van der Waals surface area (Å²) in [5.74, 6) is -0.678. The summed E-state index contributed by atoms with van der Waals surface area (Å²) in [7, 11) is -3.70. The van der Waals surface area contributed by atoms with Crippen molar-refractivity contribution in [3.8, 4) is 0 Å².